The van der Waals surface area contributed by atoms with Gasteiger partial charge in [-0.3, -0.25) is 4.79 Å². The highest BCUT2D eigenvalue weighted by molar-refractivity contribution is 5.80. The van der Waals surface area contributed by atoms with Crippen molar-refractivity contribution in [3.05, 3.63) is 30.3 Å². The molecule has 0 radical (unpaired) electrons. The third-order valence-corrected chi connectivity index (χ3v) is 6.23. The molecular weight excluding hydrogens is 286 g/mol. The van der Waals surface area contributed by atoms with E-state index in [1.54, 1.807) is 0 Å². The first kappa shape index (κ1) is 15.0. The predicted octanol–water partition coefficient (Wildman–Crippen LogP) is 3.79. The molecule has 4 aliphatic rings. The van der Waals surface area contributed by atoms with E-state index in [0.29, 0.717) is 5.41 Å². The maximum absolute atomic E-state index is 12.4. The van der Waals surface area contributed by atoms with E-state index in [9.17, 15) is 4.79 Å². The molecule has 1 aromatic carbocycles. The van der Waals surface area contributed by atoms with Gasteiger partial charge >= 0.3 is 0 Å². The second kappa shape index (κ2) is 5.85. The van der Waals surface area contributed by atoms with Crippen molar-refractivity contribution >= 4 is 5.91 Å². The minimum Gasteiger partial charge on any atom is -0.481 e. The van der Waals surface area contributed by atoms with Crippen LogP contribution in [0.4, 0.5) is 0 Å². The van der Waals surface area contributed by atoms with Crippen LogP contribution in [0.25, 0.3) is 0 Å². The van der Waals surface area contributed by atoms with Crippen LogP contribution in [0.5, 0.6) is 5.75 Å². The monoisotopic (exact) mass is 313 g/mol. The van der Waals surface area contributed by atoms with Gasteiger partial charge in [0, 0.05) is 6.54 Å². The van der Waals surface area contributed by atoms with Crippen LogP contribution in [0.15, 0.2) is 30.3 Å². The number of para-hydroxylation sites is 1. The number of carbonyl (C=O) groups is 1. The molecule has 4 aliphatic carbocycles. The standard InChI is InChI=1S/C20H27NO2/c1-14(23-18-5-3-2-4-6-18)19(22)21-13-20-10-15-7-16(11-20)9-17(8-15)12-20/h2-6,14-17H,7-13H2,1H3,(H,21,22)/t14-,15?,16?,17?,20?/m1/s1. The molecule has 0 unspecified atom stereocenters. The van der Waals surface area contributed by atoms with Crippen LogP contribution >= 0.6 is 0 Å². The summed E-state index contributed by atoms with van der Waals surface area (Å²) < 4.78 is 5.74. The third kappa shape index (κ3) is 3.11. The molecular formula is C20H27NO2. The summed E-state index contributed by atoms with van der Waals surface area (Å²) in [5.74, 6) is 3.55. The quantitative estimate of drug-likeness (QED) is 0.898. The number of ether oxygens (including phenoxy) is 1. The fourth-order valence-corrected chi connectivity index (χ4v) is 5.68. The smallest absolute Gasteiger partial charge is 0.260 e. The van der Waals surface area contributed by atoms with E-state index in [1.165, 1.54) is 38.5 Å². The molecule has 1 N–H and O–H groups in total. The Kier molecular flexibility index (Phi) is 3.82. The Labute approximate surface area is 138 Å². The summed E-state index contributed by atoms with van der Waals surface area (Å²) in [6.07, 6.45) is 7.88. The highest BCUT2D eigenvalue weighted by Gasteiger charge is 2.50. The Morgan fingerprint density at radius 1 is 1.13 bits per heavy atom. The first-order valence-electron chi connectivity index (χ1n) is 9.11. The third-order valence-electron chi connectivity index (χ3n) is 6.23. The average Bonchev–Trinajstić information content (AvgIpc) is 2.52. The molecule has 0 spiro atoms. The zero-order valence-corrected chi connectivity index (χ0v) is 14.0. The van der Waals surface area contributed by atoms with E-state index in [4.69, 9.17) is 4.74 Å². The number of nitrogens with one attached hydrogen (secondary N) is 1. The van der Waals surface area contributed by atoms with Crippen molar-refractivity contribution in [2.75, 3.05) is 6.54 Å². The molecule has 5 rings (SSSR count). The molecule has 3 nitrogen and oxygen atoms in total. The normalized spacial score (nSPS) is 35.8. The molecule has 1 atom stereocenters. The Hall–Kier alpha value is -1.51. The molecule has 4 fully saturated rings. The summed E-state index contributed by atoms with van der Waals surface area (Å²) in [5, 5.41) is 3.20. The lowest BCUT2D eigenvalue weighted by atomic mass is 9.49. The van der Waals surface area contributed by atoms with Gasteiger partial charge in [0.15, 0.2) is 6.10 Å². The number of hydrogen-bond acceptors (Lipinski definition) is 2. The van der Waals surface area contributed by atoms with Crippen LogP contribution in [-0.4, -0.2) is 18.6 Å². The van der Waals surface area contributed by atoms with Gasteiger partial charge < -0.3 is 10.1 Å². The minimum atomic E-state index is -0.439. The number of amides is 1. The van der Waals surface area contributed by atoms with E-state index in [0.717, 1.165) is 30.0 Å². The molecule has 1 amide bonds. The van der Waals surface area contributed by atoms with Crippen molar-refractivity contribution in [2.45, 2.75) is 51.6 Å². The van der Waals surface area contributed by atoms with Gasteiger partial charge in [-0.25, -0.2) is 0 Å². The number of rotatable bonds is 5. The van der Waals surface area contributed by atoms with Crippen LogP contribution in [0.3, 0.4) is 0 Å². The van der Waals surface area contributed by atoms with E-state index in [-0.39, 0.29) is 5.91 Å². The Balaban J connectivity index is 1.33. The first-order valence-corrected chi connectivity index (χ1v) is 9.11. The fraction of sp³-hybridized carbons (Fsp3) is 0.650. The number of benzene rings is 1. The van der Waals surface area contributed by atoms with Gasteiger partial charge in [-0.2, -0.15) is 0 Å². The summed E-state index contributed by atoms with van der Waals surface area (Å²) in [5.41, 5.74) is 0.386. The first-order chi connectivity index (χ1) is 11.1. The number of carbonyl (C=O) groups excluding carboxylic acids is 1. The molecule has 4 saturated carbocycles. The van der Waals surface area contributed by atoms with Crippen LogP contribution < -0.4 is 10.1 Å². The van der Waals surface area contributed by atoms with Gasteiger partial charge in [0.25, 0.3) is 5.91 Å². The van der Waals surface area contributed by atoms with Crippen LogP contribution in [0.1, 0.15) is 45.4 Å². The molecule has 0 aliphatic heterocycles. The van der Waals surface area contributed by atoms with Gasteiger partial charge in [-0.15, -0.1) is 0 Å². The fourth-order valence-electron chi connectivity index (χ4n) is 5.68. The van der Waals surface area contributed by atoms with E-state index in [1.807, 2.05) is 37.3 Å². The van der Waals surface area contributed by atoms with Crippen molar-refractivity contribution in [1.82, 2.24) is 5.32 Å². The predicted molar refractivity (Wildman–Crippen MR) is 90.1 cm³/mol. The van der Waals surface area contributed by atoms with E-state index in [2.05, 4.69) is 5.32 Å². The Bertz CT molecular complexity index is 533. The lowest BCUT2D eigenvalue weighted by molar-refractivity contribution is -0.129. The van der Waals surface area contributed by atoms with Crippen molar-refractivity contribution in [1.29, 1.82) is 0 Å². The lowest BCUT2D eigenvalue weighted by Gasteiger charge is -2.56. The van der Waals surface area contributed by atoms with Gasteiger partial charge in [0.2, 0.25) is 0 Å². The Morgan fingerprint density at radius 3 is 2.26 bits per heavy atom. The van der Waals surface area contributed by atoms with Crippen molar-refractivity contribution in [3.8, 4) is 5.75 Å². The minimum absolute atomic E-state index is 0.0181. The van der Waals surface area contributed by atoms with Gasteiger partial charge in [-0.05, 0) is 80.8 Å². The average molecular weight is 313 g/mol. The summed E-state index contributed by atoms with van der Waals surface area (Å²) in [7, 11) is 0. The summed E-state index contributed by atoms with van der Waals surface area (Å²) in [4.78, 5) is 12.4. The zero-order chi connectivity index (χ0) is 15.9. The van der Waals surface area contributed by atoms with E-state index >= 15 is 0 Å². The highest BCUT2D eigenvalue weighted by Crippen LogP contribution is 2.59. The van der Waals surface area contributed by atoms with E-state index < -0.39 is 6.10 Å². The lowest BCUT2D eigenvalue weighted by Crippen LogP contribution is -2.52. The summed E-state index contributed by atoms with van der Waals surface area (Å²) >= 11 is 0. The van der Waals surface area contributed by atoms with Crippen LogP contribution in [-0.2, 0) is 4.79 Å². The molecule has 1 aromatic rings. The molecule has 23 heavy (non-hydrogen) atoms. The number of hydrogen-bond donors (Lipinski definition) is 1. The highest BCUT2D eigenvalue weighted by atomic mass is 16.5. The second-order valence-electron chi connectivity index (χ2n) is 8.21. The molecule has 4 bridgehead atoms. The SMILES string of the molecule is C[C@@H](Oc1ccccc1)C(=O)NCC12CC3CC(CC(C3)C1)C2. The molecule has 3 heteroatoms. The van der Waals surface area contributed by atoms with Crippen molar-refractivity contribution < 1.29 is 9.53 Å². The summed E-state index contributed by atoms with van der Waals surface area (Å²) in [6, 6.07) is 9.58. The molecule has 0 saturated heterocycles. The maximum Gasteiger partial charge on any atom is 0.260 e. The largest absolute Gasteiger partial charge is 0.481 e. The van der Waals surface area contributed by atoms with Crippen molar-refractivity contribution in [2.24, 2.45) is 23.2 Å². The summed E-state index contributed by atoms with van der Waals surface area (Å²) in [6.45, 7) is 2.68. The van der Waals surface area contributed by atoms with Crippen LogP contribution in [0, 0.1) is 23.2 Å². The van der Waals surface area contributed by atoms with Gasteiger partial charge in [-0.1, -0.05) is 18.2 Å². The second-order valence-corrected chi connectivity index (χ2v) is 8.21. The van der Waals surface area contributed by atoms with Gasteiger partial charge in [0.05, 0.1) is 0 Å². The van der Waals surface area contributed by atoms with Crippen molar-refractivity contribution in [3.63, 3.8) is 0 Å². The zero-order valence-electron chi connectivity index (χ0n) is 14.0. The van der Waals surface area contributed by atoms with Gasteiger partial charge in [0.1, 0.15) is 5.75 Å². The molecule has 124 valence electrons. The molecule has 0 heterocycles. The topological polar surface area (TPSA) is 38.3 Å². The maximum atomic E-state index is 12.4. The van der Waals surface area contributed by atoms with Crippen LogP contribution in [0.2, 0.25) is 0 Å². The molecule has 0 aromatic heterocycles. The Morgan fingerprint density at radius 2 is 1.70 bits per heavy atom.